The van der Waals surface area contributed by atoms with Gasteiger partial charge in [0.15, 0.2) is 5.76 Å². The summed E-state index contributed by atoms with van der Waals surface area (Å²) in [7, 11) is 0. The zero-order chi connectivity index (χ0) is 22.7. The first-order valence-corrected chi connectivity index (χ1v) is 10.4. The molecule has 0 atom stereocenters. The molecule has 0 saturated heterocycles. The Morgan fingerprint density at radius 2 is 1.66 bits per heavy atom. The molecule has 0 bridgehead atoms. The molecule has 3 aromatic rings. The lowest BCUT2D eigenvalue weighted by molar-refractivity contribution is 0.0734. The number of carbonyl (C=O) groups excluding carboxylic acids is 2. The average Bonchev–Trinajstić information content (AvgIpc) is 3.09. The molecule has 0 unspecified atom stereocenters. The van der Waals surface area contributed by atoms with E-state index in [1.807, 2.05) is 48.5 Å². The van der Waals surface area contributed by atoms with Gasteiger partial charge in [0.05, 0.1) is 11.1 Å². The van der Waals surface area contributed by atoms with Gasteiger partial charge in [-0.25, -0.2) is 4.79 Å². The van der Waals surface area contributed by atoms with Crippen LogP contribution in [0, 0.1) is 0 Å². The number of ketones is 1. The van der Waals surface area contributed by atoms with Gasteiger partial charge in [-0.05, 0) is 46.9 Å². The lowest BCUT2D eigenvalue weighted by atomic mass is 9.87. The maximum Gasteiger partial charge on any atom is 0.343 e. The van der Waals surface area contributed by atoms with Gasteiger partial charge >= 0.3 is 5.97 Å². The van der Waals surface area contributed by atoms with Crippen LogP contribution in [-0.2, 0) is 5.41 Å². The zero-order valence-electron chi connectivity index (χ0n) is 18.3. The molecule has 1 heterocycles. The third-order valence-corrected chi connectivity index (χ3v) is 5.17. The Morgan fingerprint density at radius 1 is 0.938 bits per heavy atom. The lowest BCUT2D eigenvalue weighted by Crippen LogP contribution is -2.12. The van der Waals surface area contributed by atoms with Crippen LogP contribution in [-0.4, -0.2) is 11.8 Å². The molecule has 3 aromatic carbocycles. The van der Waals surface area contributed by atoms with Gasteiger partial charge < -0.3 is 9.47 Å². The van der Waals surface area contributed by atoms with Crippen LogP contribution in [0.2, 0.25) is 0 Å². The predicted molar refractivity (Wildman–Crippen MR) is 125 cm³/mol. The number of hydrogen-bond donors (Lipinski definition) is 0. The Balaban J connectivity index is 1.46. The summed E-state index contributed by atoms with van der Waals surface area (Å²) in [5.41, 5.74) is 3.07. The van der Waals surface area contributed by atoms with E-state index >= 15 is 0 Å². The van der Waals surface area contributed by atoms with Gasteiger partial charge in [0.25, 0.3) is 0 Å². The third-order valence-electron chi connectivity index (χ3n) is 5.17. The Kier molecular flexibility index (Phi) is 5.78. The molecule has 1 aliphatic rings. The van der Waals surface area contributed by atoms with E-state index in [9.17, 15) is 9.59 Å². The molecule has 32 heavy (non-hydrogen) atoms. The monoisotopic (exact) mass is 424 g/mol. The minimum atomic E-state index is -0.462. The molecular formula is C28H24O4. The molecule has 0 aliphatic carbocycles. The second-order valence-electron chi connectivity index (χ2n) is 8.61. The SMILES string of the molecule is CC(C)(C)c1ccc(C(=O)Oc2ccc3c(c2)O/C(=C\C=C\c2ccccc2)C3=O)cc1. The number of rotatable bonds is 4. The Bertz CT molecular complexity index is 1210. The first kappa shape index (κ1) is 21.3. The van der Waals surface area contributed by atoms with Crippen molar-refractivity contribution in [1.82, 2.24) is 0 Å². The molecule has 4 nitrogen and oxygen atoms in total. The molecule has 4 heteroatoms. The van der Waals surface area contributed by atoms with E-state index in [0.717, 1.165) is 11.1 Å². The van der Waals surface area contributed by atoms with E-state index in [1.54, 1.807) is 42.5 Å². The van der Waals surface area contributed by atoms with Crippen LogP contribution < -0.4 is 9.47 Å². The van der Waals surface area contributed by atoms with Crippen molar-refractivity contribution < 1.29 is 19.1 Å². The van der Waals surface area contributed by atoms with E-state index in [-0.39, 0.29) is 17.0 Å². The largest absolute Gasteiger partial charge is 0.452 e. The Labute approximate surface area is 187 Å². The second kappa shape index (κ2) is 8.67. The van der Waals surface area contributed by atoms with Crippen molar-refractivity contribution in [3.8, 4) is 11.5 Å². The quantitative estimate of drug-likeness (QED) is 0.277. The van der Waals surface area contributed by atoms with Crippen LogP contribution in [0.4, 0.5) is 0 Å². The normalized spacial score (nSPS) is 14.5. The average molecular weight is 424 g/mol. The smallest absolute Gasteiger partial charge is 0.343 e. The molecule has 0 N–H and O–H groups in total. The first-order chi connectivity index (χ1) is 15.3. The number of esters is 1. The molecular weight excluding hydrogens is 400 g/mol. The van der Waals surface area contributed by atoms with Crippen LogP contribution in [0.1, 0.15) is 52.6 Å². The molecule has 0 aromatic heterocycles. The van der Waals surface area contributed by atoms with Crippen molar-refractivity contribution >= 4 is 17.8 Å². The highest BCUT2D eigenvalue weighted by atomic mass is 16.5. The number of Topliss-reactive ketones (excluding diaryl/α,β-unsaturated/α-hetero) is 1. The lowest BCUT2D eigenvalue weighted by Gasteiger charge is -2.18. The standard InChI is InChI=1S/C28H24O4/c1-28(2,3)21-14-12-20(13-15-21)27(30)31-22-16-17-23-25(18-22)32-24(26(23)29)11-7-10-19-8-5-4-6-9-19/h4-18H,1-3H3/b10-7+,24-11-. The molecule has 0 saturated carbocycles. The molecule has 1 aliphatic heterocycles. The van der Waals surface area contributed by atoms with E-state index in [4.69, 9.17) is 9.47 Å². The van der Waals surface area contributed by atoms with Crippen molar-refractivity contribution in [2.75, 3.05) is 0 Å². The number of hydrogen-bond acceptors (Lipinski definition) is 4. The molecule has 4 rings (SSSR count). The number of carbonyl (C=O) groups is 2. The Morgan fingerprint density at radius 3 is 2.34 bits per heavy atom. The summed E-state index contributed by atoms with van der Waals surface area (Å²) in [5.74, 6) is 0.267. The van der Waals surface area contributed by atoms with Gasteiger partial charge in [-0.2, -0.15) is 0 Å². The van der Waals surface area contributed by atoms with Crippen molar-refractivity contribution in [3.05, 3.63) is 113 Å². The van der Waals surface area contributed by atoms with Gasteiger partial charge in [0.2, 0.25) is 5.78 Å². The van der Waals surface area contributed by atoms with Gasteiger partial charge in [0.1, 0.15) is 11.5 Å². The molecule has 0 amide bonds. The van der Waals surface area contributed by atoms with Crippen LogP contribution in [0.5, 0.6) is 11.5 Å². The van der Waals surface area contributed by atoms with Crippen molar-refractivity contribution in [2.45, 2.75) is 26.2 Å². The summed E-state index contributed by atoms with van der Waals surface area (Å²) in [6, 6.07) is 21.9. The van der Waals surface area contributed by atoms with Gasteiger partial charge in [-0.15, -0.1) is 0 Å². The highest BCUT2D eigenvalue weighted by Gasteiger charge is 2.27. The van der Waals surface area contributed by atoms with E-state index in [0.29, 0.717) is 22.6 Å². The van der Waals surface area contributed by atoms with Gasteiger partial charge in [-0.1, -0.05) is 75.4 Å². The maximum absolute atomic E-state index is 12.6. The predicted octanol–water partition coefficient (Wildman–Crippen LogP) is 6.38. The van der Waals surface area contributed by atoms with Crippen molar-refractivity contribution in [1.29, 1.82) is 0 Å². The summed E-state index contributed by atoms with van der Waals surface area (Å²) in [6.07, 6.45) is 5.30. The topological polar surface area (TPSA) is 52.6 Å². The fourth-order valence-corrected chi connectivity index (χ4v) is 3.33. The van der Waals surface area contributed by atoms with Crippen molar-refractivity contribution in [2.24, 2.45) is 0 Å². The highest BCUT2D eigenvalue weighted by Crippen LogP contribution is 2.34. The van der Waals surface area contributed by atoms with E-state index in [2.05, 4.69) is 20.8 Å². The summed E-state index contributed by atoms with van der Waals surface area (Å²) in [5, 5.41) is 0. The summed E-state index contributed by atoms with van der Waals surface area (Å²) in [6.45, 7) is 6.35. The summed E-state index contributed by atoms with van der Waals surface area (Å²) >= 11 is 0. The Hall–Kier alpha value is -3.92. The fourth-order valence-electron chi connectivity index (χ4n) is 3.33. The first-order valence-electron chi connectivity index (χ1n) is 10.4. The fraction of sp³-hybridized carbons (Fsp3) is 0.143. The van der Waals surface area contributed by atoms with Crippen LogP contribution in [0.3, 0.4) is 0 Å². The number of allylic oxidation sites excluding steroid dienone is 3. The highest BCUT2D eigenvalue weighted by molar-refractivity contribution is 6.12. The molecule has 0 radical (unpaired) electrons. The van der Waals surface area contributed by atoms with Crippen LogP contribution in [0.25, 0.3) is 6.08 Å². The summed E-state index contributed by atoms with van der Waals surface area (Å²) < 4.78 is 11.2. The minimum Gasteiger partial charge on any atom is -0.452 e. The molecule has 0 fully saturated rings. The molecule has 160 valence electrons. The van der Waals surface area contributed by atoms with Crippen molar-refractivity contribution in [3.63, 3.8) is 0 Å². The molecule has 0 spiro atoms. The van der Waals surface area contributed by atoms with Crippen LogP contribution >= 0.6 is 0 Å². The zero-order valence-corrected chi connectivity index (χ0v) is 18.3. The third kappa shape index (κ3) is 4.70. The number of ether oxygens (including phenoxy) is 2. The van der Waals surface area contributed by atoms with E-state index in [1.165, 1.54) is 0 Å². The number of benzene rings is 3. The number of fused-ring (bicyclic) bond motifs is 1. The van der Waals surface area contributed by atoms with Gasteiger partial charge in [0, 0.05) is 6.07 Å². The van der Waals surface area contributed by atoms with Crippen LogP contribution in [0.15, 0.2) is 90.7 Å². The minimum absolute atomic E-state index is 0.00774. The summed E-state index contributed by atoms with van der Waals surface area (Å²) in [4.78, 5) is 25.1. The van der Waals surface area contributed by atoms with Gasteiger partial charge in [-0.3, -0.25) is 4.79 Å². The maximum atomic E-state index is 12.6. The van der Waals surface area contributed by atoms with E-state index < -0.39 is 5.97 Å². The second-order valence-corrected chi connectivity index (χ2v) is 8.61.